The summed E-state index contributed by atoms with van der Waals surface area (Å²) in [5, 5.41) is 0. The Balaban J connectivity index is 2.20. The van der Waals surface area contributed by atoms with Crippen molar-refractivity contribution >= 4 is 16.0 Å². The molecule has 0 aliphatic rings. The lowest BCUT2D eigenvalue weighted by Gasteiger charge is -2.13. The molecule has 2 aromatic rings. The van der Waals surface area contributed by atoms with E-state index < -0.39 is 26.6 Å². The van der Waals surface area contributed by atoms with Crippen LogP contribution in [0.15, 0.2) is 29.3 Å². The summed E-state index contributed by atoms with van der Waals surface area (Å²) in [6, 6.07) is 2.14. The van der Waals surface area contributed by atoms with Crippen LogP contribution in [0.2, 0.25) is 0 Å². The zero-order valence-corrected chi connectivity index (χ0v) is 13.2. The van der Waals surface area contributed by atoms with Crippen LogP contribution < -0.4 is 9.62 Å². The van der Waals surface area contributed by atoms with E-state index in [0.29, 0.717) is 17.7 Å². The molecular weight excluding hydrogens is 314 g/mol. The summed E-state index contributed by atoms with van der Waals surface area (Å²) in [5.41, 5.74) is 0.615. The molecule has 0 atom stereocenters. The number of nitrogens with one attached hydrogen (secondary N) is 1. The molecule has 0 saturated carbocycles. The second kappa shape index (κ2) is 6.01. The van der Waals surface area contributed by atoms with Gasteiger partial charge < -0.3 is 9.47 Å². The minimum Gasteiger partial charge on any atom is -0.348 e. The molecule has 9 heteroatoms. The van der Waals surface area contributed by atoms with Crippen molar-refractivity contribution in [1.82, 2.24) is 14.3 Å². The van der Waals surface area contributed by atoms with E-state index in [2.05, 4.69) is 9.71 Å². The fourth-order valence-electron chi connectivity index (χ4n) is 1.95. The summed E-state index contributed by atoms with van der Waals surface area (Å²) in [7, 11) is 1.35. The highest BCUT2D eigenvalue weighted by Crippen LogP contribution is 2.15. The average molecular weight is 330 g/mol. The molecule has 6 nitrogen and oxygen atoms in total. The molecule has 1 aromatic heterocycles. The molecular formula is C13H16F2N4O2S. The van der Waals surface area contributed by atoms with Crippen LogP contribution in [0, 0.1) is 11.6 Å². The molecule has 0 aliphatic heterocycles. The highest BCUT2D eigenvalue weighted by Gasteiger charge is 2.17. The molecule has 1 heterocycles. The van der Waals surface area contributed by atoms with Gasteiger partial charge in [0.25, 0.3) is 0 Å². The van der Waals surface area contributed by atoms with Crippen LogP contribution in [-0.2, 0) is 23.6 Å². The summed E-state index contributed by atoms with van der Waals surface area (Å²) < 4.78 is 54.4. The van der Waals surface area contributed by atoms with Gasteiger partial charge in [0.05, 0.1) is 23.3 Å². The van der Waals surface area contributed by atoms with Gasteiger partial charge in [-0.05, 0) is 12.1 Å². The van der Waals surface area contributed by atoms with Gasteiger partial charge >= 0.3 is 0 Å². The third kappa shape index (κ3) is 3.42. The quantitative estimate of drug-likeness (QED) is 0.896. The first-order valence-corrected chi connectivity index (χ1v) is 7.82. The standard InChI is InChI=1S/C13H16F2N4O2S/c1-18(2)13-16-7-11(19(13)3)8-17-22(20,21)12-5-9(14)4-10(15)6-12/h4-7,17H,8H2,1-3H3. The van der Waals surface area contributed by atoms with Gasteiger partial charge in [-0.1, -0.05) is 0 Å². The average Bonchev–Trinajstić information content (AvgIpc) is 2.77. The number of hydrogen-bond donors (Lipinski definition) is 1. The van der Waals surface area contributed by atoms with Gasteiger partial charge in [-0.15, -0.1) is 0 Å². The van der Waals surface area contributed by atoms with E-state index >= 15 is 0 Å². The maximum Gasteiger partial charge on any atom is 0.241 e. The third-order valence-corrected chi connectivity index (χ3v) is 4.43. The molecule has 2 rings (SSSR count). The summed E-state index contributed by atoms with van der Waals surface area (Å²) >= 11 is 0. The highest BCUT2D eigenvalue weighted by molar-refractivity contribution is 7.89. The van der Waals surface area contributed by atoms with E-state index in [9.17, 15) is 17.2 Å². The van der Waals surface area contributed by atoms with Crippen LogP contribution in [0.3, 0.4) is 0 Å². The Bertz CT molecular complexity index is 767. The minimum atomic E-state index is -4.02. The Morgan fingerprint density at radius 2 is 1.82 bits per heavy atom. The summed E-state index contributed by atoms with van der Waals surface area (Å²) in [6.45, 7) is -0.0438. The largest absolute Gasteiger partial charge is 0.348 e. The first kappa shape index (κ1) is 16.4. The predicted molar refractivity (Wildman–Crippen MR) is 77.9 cm³/mol. The van der Waals surface area contributed by atoms with Gasteiger partial charge in [0, 0.05) is 27.2 Å². The van der Waals surface area contributed by atoms with Crippen molar-refractivity contribution in [2.45, 2.75) is 11.4 Å². The second-order valence-corrected chi connectivity index (χ2v) is 6.70. The highest BCUT2D eigenvalue weighted by atomic mass is 32.2. The second-order valence-electron chi connectivity index (χ2n) is 4.93. The third-order valence-electron chi connectivity index (χ3n) is 3.05. The van der Waals surface area contributed by atoms with Crippen LogP contribution in [0.5, 0.6) is 0 Å². The Labute approximate surface area is 127 Å². The summed E-state index contributed by atoms with van der Waals surface area (Å²) in [4.78, 5) is 5.47. The van der Waals surface area contributed by atoms with Crippen LogP contribution >= 0.6 is 0 Å². The molecule has 0 amide bonds. The van der Waals surface area contributed by atoms with E-state index in [1.165, 1.54) is 6.20 Å². The smallest absolute Gasteiger partial charge is 0.241 e. The SMILES string of the molecule is CN(C)c1ncc(CNS(=O)(=O)c2cc(F)cc(F)c2)n1C. The van der Waals surface area contributed by atoms with Crippen molar-refractivity contribution in [1.29, 1.82) is 0 Å². The van der Waals surface area contributed by atoms with Gasteiger partial charge in [0.2, 0.25) is 16.0 Å². The summed E-state index contributed by atoms with van der Waals surface area (Å²) in [5.74, 6) is -1.24. The number of rotatable bonds is 5. The Hall–Kier alpha value is -2.00. The fourth-order valence-corrected chi connectivity index (χ4v) is 2.99. The number of sulfonamides is 1. The maximum absolute atomic E-state index is 13.1. The number of benzene rings is 1. The van der Waals surface area contributed by atoms with E-state index in [1.807, 2.05) is 14.1 Å². The molecule has 0 bridgehead atoms. The lowest BCUT2D eigenvalue weighted by atomic mass is 10.3. The Morgan fingerprint density at radius 1 is 1.23 bits per heavy atom. The minimum absolute atomic E-state index is 0.0438. The summed E-state index contributed by atoms with van der Waals surface area (Å²) in [6.07, 6.45) is 1.53. The van der Waals surface area contributed by atoms with Gasteiger partial charge in [0.15, 0.2) is 0 Å². The molecule has 0 unspecified atom stereocenters. The van der Waals surface area contributed by atoms with Crippen molar-refractivity contribution in [2.75, 3.05) is 19.0 Å². The normalized spacial score (nSPS) is 11.7. The molecule has 1 N–H and O–H groups in total. The number of nitrogens with zero attached hydrogens (tertiary/aromatic N) is 3. The number of hydrogen-bond acceptors (Lipinski definition) is 4. The molecule has 0 aliphatic carbocycles. The van der Waals surface area contributed by atoms with E-state index in [4.69, 9.17) is 0 Å². The van der Waals surface area contributed by atoms with Gasteiger partial charge in [-0.25, -0.2) is 26.9 Å². The first-order valence-electron chi connectivity index (χ1n) is 6.34. The van der Waals surface area contributed by atoms with Crippen molar-refractivity contribution < 1.29 is 17.2 Å². The van der Waals surface area contributed by atoms with Crippen molar-refractivity contribution in [2.24, 2.45) is 7.05 Å². The number of halogens is 2. The van der Waals surface area contributed by atoms with Crippen molar-refractivity contribution in [3.05, 3.63) is 41.7 Å². The Morgan fingerprint density at radius 3 is 2.32 bits per heavy atom. The van der Waals surface area contributed by atoms with Gasteiger partial charge in [0.1, 0.15) is 11.6 Å². The van der Waals surface area contributed by atoms with Crippen LogP contribution in [0.1, 0.15) is 5.69 Å². The van der Waals surface area contributed by atoms with Crippen LogP contribution in [0.25, 0.3) is 0 Å². The molecule has 0 saturated heterocycles. The Kier molecular flexibility index (Phi) is 4.47. The maximum atomic E-state index is 13.1. The molecule has 1 aromatic carbocycles. The first-order chi connectivity index (χ1) is 10.2. The predicted octanol–water partition coefficient (Wildman–Crippen LogP) is 1.24. The molecule has 22 heavy (non-hydrogen) atoms. The number of imidazole rings is 1. The topological polar surface area (TPSA) is 67.2 Å². The molecule has 0 radical (unpaired) electrons. The van der Waals surface area contributed by atoms with Crippen molar-refractivity contribution in [3.63, 3.8) is 0 Å². The molecule has 0 fully saturated rings. The van der Waals surface area contributed by atoms with Gasteiger partial charge in [-0.2, -0.15) is 0 Å². The lowest BCUT2D eigenvalue weighted by Crippen LogP contribution is -2.25. The van der Waals surface area contributed by atoms with E-state index in [1.54, 1.807) is 16.5 Å². The zero-order chi connectivity index (χ0) is 16.5. The fraction of sp³-hybridized carbons (Fsp3) is 0.308. The molecule has 0 spiro atoms. The monoisotopic (exact) mass is 330 g/mol. The zero-order valence-electron chi connectivity index (χ0n) is 12.3. The number of aromatic nitrogens is 2. The van der Waals surface area contributed by atoms with E-state index in [0.717, 1.165) is 12.1 Å². The number of anilines is 1. The van der Waals surface area contributed by atoms with Gasteiger partial charge in [-0.3, -0.25) is 0 Å². The molecule has 120 valence electrons. The van der Waals surface area contributed by atoms with Crippen molar-refractivity contribution in [3.8, 4) is 0 Å². The van der Waals surface area contributed by atoms with E-state index in [-0.39, 0.29) is 6.54 Å². The van der Waals surface area contributed by atoms with Crippen LogP contribution in [0.4, 0.5) is 14.7 Å². The lowest BCUT2D eigenvalue weighted by molar-refractivity contribution is 0.560. The van der Waals surface area contributed by atoms with Crippen LogP contribution in [-0.4, -0.2) is 32.1 Å².